The Morgan fingerprint density at radius 1 is 1.35 bits per heavy atom. The molecule has 0 bridgehead atoms. The average molecular weight is 275 g/mol. The summed E-state index contributed by atoms with van der Waals surface area (Å²) in [6.45, 7) is 4.41. The molecule has 2 rings (SSSR count). The summed E-state index contributed by atoms with van der Waals surface area (Å²) < 4.78 is 4.67. The molecule has 0 saturated carbocycles. The van der Waals surface area contributed by atoms with E-state index in [4.69, 9.17) is 0 Å². The van der Waals surface area contributed by atoms with E-state index in [-0.39, 0.29) is 24.3 Å². The maximum absolute atomic E-state index is 12.4. The van der Waals surface area contributed by atoms with Crippen LogP contribution < -0.4 is 0 Å². The van der Waals surface area contributed by atoms with Crippen LogP contribution in [0.1, 0.15) is 31.4 Å². The fourth-order valence-corrected chi connectivity index (χ4v) is 2.68. The van der Waals surface area contributed by atoms with Gasteiger partial charge in [0, 0.05) is 19.0 Å². The Morgan fingerprint density at radius 3 is 2.65 bits per heavy atom. The number of benzene rings is 1. The Balaban J connectivity index is 2.06. The number of carbonyl (C=O) groups excluding carboxylic acids is 2. The first-order chi connectivity index (χ1) is 9.52. The van der Waals surface area contributed by atoms with Crippen LogP contribution in [0, 0.1) is 5.92 Å². The zero-order valence-electron chi connectivity index (χ0n) is 12.3. The zero-order chi connectivity index (χ0) is 14.7. The van der Waals surface area contributed by atoms with Crippen LogP contribution >= 0.6 is 0 Å². The molecule has 1 aliphatic rings. The highest BCUT2D eigenvalue weighted by Gasteiger charge is 2.28. The summed E-state index contributed by atoms with van der Waals surface area (Å²) in [7, 11) is 1.35. The second kappa shape index (κ2) is 6.07. The Hall–Kier alpha value is -1.84. The molecule has 0 spiro atoms. The number of esters is 1. The number of hydrogen-bond acceptors (Lipinski definition) is 3. The monoisotopic (exact) mass is 275 g/mol. The SMILES string of the molecule is COC(=O)[C@H](C)CC(=O)N1Cc2ccccc2C[C@@H]1C. The summed E-state index contributed by atoms with van der Waals surface area (Å²) in [5.74, 6) is -0.704. The number of carbonyl (C=O) groups is 2. The molecule has 1 aromatic rings. The molecule has 0 N–H and O–H groups in total. The van der Waals surface area contributed by atoms with Crippen LogP contribution in [0.25, 0.3) is 0 Å². The predicted octanol–water partition coefficient (Wildman–Crippen LogP) is 2.16. The Bertz CT molecular complexity index is 512. The summed E-state index contributed by atoms with van der Waals surface area (Å²) in [4.78, 5) is 25.6. The van der Waals surface area contributed by atoms with Gasteiger partial charge >= 0.3 is 5.97 Å². The lowest BCUT2D eigenvalue weighted by Crippen LogP contribution is -2.43. The van der Waals surface area contributed by atoms with Crippen molar-refractivity contribution < 1.29 is 14.3 Å². The van der Waals surface area contributed by atoms with Crippen LogP contribution in [0.4, 0.5) is 0 Å². The van der Waals surface area contributed by atoms with Gasteiger partial charge < -0.3 is 9.64 Å². The smallest absolute Gasteiger partial charge is 0.308 e. The van der Waals surface area contributed by atoms with Crippen molar-refractivity contribution in [1.82, 2.24) is 4.90 Å². The molecule has 0 aliphatic carbocycles. The standard InChI is InChI=1S/C16H21NO3/c1-11(16(19)20-3)8-15(18)17-10-14-7-5-4-6-13(14)9-12(17)2/h4-7,11-12H,8-10H2,1-3H3/t11-,12+/m1/s1. The zero-order valence-corrected chi connectivity index (χ0v) is 12.3. The van der Waals surface area contributed by atoms with Gasteiger partial charge in [-0.2, -0.15) is 0 Å². The highest BCUT2D eigenvalue weighted by molar-refractivity contribution is 5.83. The van der Waals surface area contributed by atoms with Crippen molar-refractivity contribution in [3.63, 3.8) is 0 Å². The Morgan fingerprint density at radius 2 is 2.00 bits per heavy atom. The molecule has 1 heterocycles. The number of hydrogen-bond donors (Lipinski definition) is 0. The summed E-state index contributed by atoms with van der Waals surface area (Å²) >= 11 is 0. The van der Waals surface area contributed by atoms with Crippen molar-refractivity contribution in [2.24, 2.45) is 5.92 Å². The maximum Gasteiger partial charge on any atom is 0.308 e. The second-order valence-corrected chi connectivity index (χ2v) is 5.47. The first kappa shape index (κ1) is 14.6. The first-order valence-electron chi connectivity index (χ1n) is 6.97. The average Bonchev–Trinajstić information content (AvgIpc) is 2.45. The molecule has 0 saturated heterocycles. The van der Waals surface area contributed by atoms with E-state index in [1.165, 1.54) is 18.2 Å². The van der Waals surface area contributed by atoms with E-state index >= 15 is 0 Å². The molecular formula is C16H21NO3. The highest BCUT2D eigenvalue weighted by Crippen LogP contribution is 2.24. The van der Waals surface area contributed by atoms with E-state index in [2.05, 4.69) is 23.8 Å². The number of rotatable bonds is 3. The lowest BCUT2D eigenvalue weighted by Gasteiger charge is -2.35. The van der Waals surface area contributed by atoms with E-state index in [1.807, 2.05) is 17.0 Å². The van der Waals surface area contributed by atoms with Gasteiger partial charge in [-0.25, -0.2) is 0 Å². The molecule has 1 amide bonds. The normalized spacial score (nSPS) is 19.1. The van der Waals surface area contributed by atoms with Crippen LogP contribution in [0.3, 0.4) is 0 Å². The van der Waals surface area contributed by atoms with E-state index in [0.717, 1.165) is 6.42 Å². The Kier molecular flexibility index (Phi) is 4.42. The predicted molar refractivity (Wildman–Crippen MR) is 76.0 cm³/mol. The summed E-state index contributed by atoms with van der Waals surface area (Å²) in [6, 6.07) is 8.37. The topological polar surface area (TPSA) is 46.6 Å². The van der Waals surface area contributed by atoms with Crippen molar-refractivity contribution in [3.05, 3.63) is 35.4 Å². The van der Waals surface area contributed by atoms with Crippen molar-refractivity contribution >= 4 is 11.9 Å². The van der Waals surface area contributed by atoms with Gasteiger partial charge in [0.1, 0.15) is 0 Å². The van der Waals surface area contributed by atoms with Crippen LogP contribution in [0.5, 0.6) is 0 Å². The molecule has 4 heteroatoms. The van der Waals surface area contributed by atoms with Gasteiger partial charge in [0.25, 0.3) is 0 Å². The molecule has 0 unspecified atom stereocenters. The van der Waals surface area contributed by atoms with Crippen molar-refractivity contribution in [2.75, 3.05) is 7.11 Å². The Labute approximate surface area is 119 Å². The summed E-state index contributed by atoms with van der Waals surface area (Å²) in [6.07, 6.45) is 1.08. The van der Waals surface area contributed by atoms with Gasteiger partial charge in [-0.1, -0.05) is 31.2 Å². The molecule has 1 aliphatic heterocycles. The summed E-state index contributed by atoms with van der Waals surface area (Å²) in [5, 5.41) is 0. The summed E-state index contributed by atoms with van der Waals surface area (Å²) in [5.41, 5.74) is 2.51. The van der Waals surface area contributed by atoms with E-state index < -0.39 is 5.92 Å². The van der Waals surface area contributed by atoms with Gasteiger partial charge in [-0.15, -0.1) is 0 Å². The molecule has 108 valence electrons. The molecule has 20 heavy (non-hydrogen) atoms. The molecule has 1 aromatic carbocycles. The number of methoxy groups -OCH3 is 1. The number of nitrogens with zero attached hydrogens (tertiary/aromatic N) is 1. The third-order valence-electron chi connectivity index (χ3n) is 3.91. The van der Waals surface area contributed by atoms with Crippen LogP contribution in [-0.2, 0) is 27.3 Å². The van der Waals surface area contributed by atoms with Gasteiger partial charge in [0.05, 0.1) is 13.0 Å². The van der Waals surface area contributed by atoms with Crippen LogP contribution in [0.15, 0.2) is 24.3 Å². The molecule has 4 nitrogen and oxygen atoms in total. The third kappa shape index (κ3) is 3.00. The minimum absolute atomic E-state index is 0.0184. The van der Waals surface area contributed by atoms with Gasteiger partial charge in [-0.3, -0.25) is 9.59 Å². The minimum atomic E-state index is -0.392. The van der Waals surface area contributed by atoms with Crippen LogP contribution in [0.2, 0.25) is 0 Å². The lowest BCUT2D eigenvalue weighted by atomic mass is 9.94. The number of amides is 1. The van der Waals surface area contributed by atoms with Gasteiger partial charge in [-0.05, 0) is 24.5 Å². The largest absolute Gasteiger partial charge is 0.469 e. The molecule has 0 fully saturated rings. The maximum atomic E-state index is 12.4. The van der Waals surface area contributed by atoms with Crippen molar-refractivity contribution in [1.29, 1.82) is 0 Å². The molecule has 0 aromatic heterocycles. The lowest BCUT2D eigenvalue weighted by molar-refractivity contribution is -0.149. The minimum Gasteiger partial charge on any atom is -0.469 e. The number of fused-ring (bicyclic) bond motifs is 1. The van der Waals surface area contributed by atoms with E-state index in [0.29, 0.717) is 6.54 Å². The highest BCUT2D eigenvalue weighted by atomic mass is 16.5. The second-order valence-electron chi connectivity index (χ2n) is 5.47. The van der Waals surface area contributed by atoms with Gasteiger partial charge in [0.2, 0.25) is 5.91 Å². The van der Waals surface area contributed by atoms with Gasteiger partial charge in [0.15, 0.2) is 0 Å². The van der Waals surface area contributed by atoms with Crippen molar-refractivity contribution in [3.8, 4) is 0 Å². The number of ether oxygens (including phenoxy) is 1. The fraction of sp³-hybridized carbons (Fsp3) is 0.500. The molecular weight excluding hydrogens is 254 g/mol. The third-order valence-corrected chi connectivity index (χ3v) is 3.91. The fourth-order valence-electron chi connectivity index (χ4n) is 2.68. The molecule has 0 radical (unpaired) electrons. The van der Waals surface area contributed by atoms with E-state index in [1.54, 1.807) is 6.92 Å². The molecule has 2 atom stereocenters. The van der Waals surface area contributed by atoms with E-state index in [9.17, 15) is 9.59 Å². The first-order valence-corrected chi connectivity index (χ1v) is 6.97. The quantitative estimate of drug-likeness (QED) is 0.794. The van der Waals surface area contributed by atoms with Crippen LogP contribution in [-0.4, -0.2) is 29.9 Å². The van der Waals surface area contributed by atoms with Crippen molar-refractivity contribution in [2.45, 2.75) is 39.3 Å².